The first-order valence-electron chi connectivity index (χ1n) is 6.25. The van der Waals surface area contributed by atoms with Gasteiger partial charge in [-0.3, -0.25) is 0 Å². The highest BCUT2D eigenvalue weighted by Crippen LogP contribution is 2.49. The fraction of sp³-hybridized carbons (Fsp3) is 0.533. The van der Waals surface area contributed by atoms with Gasteiger partial charge in [0, 0.05) is 6.04 Å². The Hall–Kier alpha value is -1.33. The van der Waals surface area contributed by atoms with Crippen molar-refractivity contribution in [1.82, 2.24) is 0 Å². The van der Waals surface area contributed by atoms with E-state index < -0.39 is 0 Å². The van der Waals surface area contributed by atoms with Gasteiger partial charge in [0.05, 0.1) is 11.5 Å². The van der Waals surface area contributed by atoms with E-state index in [0.717, 1.165) is 19.3 Å². The predicted octanol–water partition coefficient (Wildman–Crippen LogP) is 3.31. The average molecular weight is 228 g/mol. The summed E-state index contributed by atoms with van der Waals surface area (Å²) in [5.41, 5.74) is 10.9. The summed E-state index contributed by atoms with van der Waals surface area (Å²) in [6.45, 7) is 6.29. The highest BCUT2D eigenvalue weighted by Gasteiger charge is 2.44. The first-order chi connectivity index (χ1) is 8.00. The second-order valence-electron chi connectivity index (χ2n) is 5.41. The van der Waals surface area contributed by atoms with Crippen molar-refractivity contribution in [2.75, 3.05) is 0 Å². The van der Waals surface area contributed by atoms with Crippen molar-refractivity contribution in [3.8, 4) is 6.07 Å². The molecule has 2 nitrogen and oxygen atoms in total. The van der Waals surface area contributed by atoms with E-state index in [2.05, 4.69) is 39.0 Å². The molecule has 1 aromatic carbocycles. The van der Waals surface area contributed by atoms with Crippen molar-refractivity contribution in [2.45, 2.75) is 46.1 Å². The fourth-order valence-corrected chi connectivity index (χ4v) is 3.01. The zero-order valence-corrected chi connectivity index (χ0v) is 10.9. The molecule has 0 heterocycles. The first kappa shape index (κ1) is 12.1. The van der Waals surface area contributed by atoms with Gasteiger partial charge in [0.25, 0.3) is 0 Å². The van der Waals surface area contributed by atoms with E-state index in [1.165, 1.54) is 22.3 Å². The molecule has 2 heteroatoms. The van der Waals surface area contributed by atoms with E-state index in [-0.39, 0.29) is 11.5 Å². The third kappa shape index (κ3) is 1.85. The largest absolute Gasteiger partial charge is 0.323 e. The van der Waals surface area contributed by atoms with Crippen LogP contribution in [0.3, 0.4) is 0 Å². The molecule has 1 aromatic rings. The lowest BCUT2D eigenvalue weighted by Crippen LogP contribution is -2.40. The molecule has 1 saturated carbocycles. The van der Waals surface area contributed by atoms with Crippen LogP contribution in [-0.2, 0) is 0 Å². The quantitative estimate of drug-likeness (QED) is 0.844. The summed E-state index contributed by atoms with van der Waals surface area (Å²) < 4.78 is 0. The standard InChI is InChI=1S/C15H20N2/c1-10-7-11(2)13(12(3)8-10)14(17)15(9-16)5-4-6-15/h7-8,14H,4-6,17H2,1-3H3. The normalized spacial score (nSPS) is 19.2. The Kier molecular flexibility index (Phi) is 2.97. The van der Waals surface area contributed by atoms with E-state index >= 15 is 0 Å². The number of hydrogen-bond acceptors (Lipinski definition) is 2. The van der Waals surface area contributed by atoms with E-state index in [9.17, 15) is 5.26 Å². The highest BCUT2D eigenvalue weighted by molar-refractivity contribution is 5.41. The second-order valence-corrected chi connectivity index (χ2v) is 5.41. The SMILES string of the molecule is Cc1cc(C)c(C(N)C2(C#N)CCC2)c(C)c1. The molecule has 1 aliphatic rings. The summed E-state index contributed by atoms with van der Waals surface area (Å²) in [5.74, 6) is 0. The van der Waals surface area contributed by atoms with Crippen molar-refractivity contribution in [3.63, 3.8) is 0 Å². The van der Waals surface area contributed by atoms with Crippen LogP contribution in [0, 0.1) is 37.5 Å². The summed E-state index contributed by atoms with van der Waals surface area (Å²) in [7, 11) is 0. The smallest absolute Gasteiger partial charge is 0.0766 e. The maximum absolute atomic E-state index is 9.37. The van der Waals surface area contributed by atoms with Gasteiger partial charge in [-0.1, -0.05) is 24.1 Å². The minimum absolute atomic E-state index is 0.137. The maximum atomic E-state index is 9.37. The number of benzene rings is 1. The molecule has 1 aliphatic carbocycles. The third-order valence-corrected chi connectivity index (χ3v) is 4.11. The molecule has 0 amide bonds. The van der Waals surface area contributed by atoms with E-state index in [0.29, 0.717) is 0 Å². The lowest BCUT2D eigenvalue weighted by atomic mass is 9.63. The van der Waals surface area contributed by atoms with Gasteiger partial charge in [-0.25, -0.2) is 0 Å². The van der Waals surface area contributed by atoms with Crippen LogP contribution in [0.15, 0.2) is 12.1 Å². The fourth-order valence-electron chi connectivity index (χ4n) is 3.01. The lowest BCUT2D eigenvalue weighted by molar-refractivity contribution is 0.168. The summed E-state index contributed by atoms with van der Waals surface area (Å²) in [4.78, 5) is 0. The molecule has 90 valence electrons. The van der Waals surface area contributed by atoms with Crippen LogP contribution in [0.5, 0.6) is 0 Å². The number of nitrogens with two attached hydrogens (primary N) is 1. The van der Waals surface area contributed by atoms with Crippen molar-refractivity contribution >= 4 is 0 Å². The number of aryl methyl sites for hydroxylation is 3. The Labute approximate surface area is 103 Å². The summed E-state index contributed by atoms with van der Waals surface area (Å²) in [6.07, 6.45) is 3.01. The Balaban J connectivity index is 2.44. The molecule has 2 N–H and O–H groups in total. The molecule has 17 heavy (non-hydrogen) atoms. The van der Waals surface area contributed by atoms with Crippen LogP contribution in [0.25, 0.3) is 0 Å². The molecule has 0 bridgehead atoms. The predicted molar refractivity (Wildman–Crippen MR) is 69.5 cm³/mol. The van der Waals surface area contributed by atoms with E-state index in [1.54, 1.807) is 0 Å². The van der Waals surface area contributed by atoms with Crippen molar-refractivity contribution < 1.29 is 0 Å². The van der Waals surface area contributed by atoms with Crippen molar-refractivity contribution in [2.24, 2.45) is 11.1 Å². The number of nitriles is 1. The molecular weight excluding hydrogens is 208 g/mol. The number of rotatable bonds is 2. The van der Waals surface area contributed by atoms with Crippen LogP contribution < -0.4 is 5.73 Å². The molecule has 0 radical (unpaired) electrons. The zero-order valence-electron chi connectivity index (χ0n) is 10.9. The Bertz CT molecular complexity index is 455. The molecule has 0 saturated heterocycles. The third-order valence-electron chi connectivity index (χ3n) is 4.11. The molecule has 2 rings (SSSR count). The zero-order chi connectivity index (χ0) is 12.6. The van der Waals surface area contributed by atoms with Gasteiger partial charge in [0.15, 0.2) is 0 Å². The van der Waals surface area contributed by atoms with Gasteiger partial charge < -0.3 is 5.73 Å². The minimum atomic E-state index is -0.315. The number of hydrogen-bond donors (Lipinski definition) is 1. The molecular formula is C15H20N2. The molecule has 1 unspecified atom stereocenters. The molecule has 1 fully saturated rings. The maximum Gasteiger partial charge on any atom is 0.0766 e. The number of nitrogens with zero attached hydrogens (tertiary/aromatic N) is 1. The van der Waals surface area contributed by atoms with Gasteiger partial charge in [-0.15, -0.1) is 0 Å². The van der Waals surface area contributed by atoms with Gasteiger partial charge in [0.2, 0.25) is 0 Å². The Morgan fingerprint density at radius 2 is 1.76 bits per heavy atom. The second kappa shape index (κ2) is 4.16. The Morgan fingerprint density at radius 3 is 2.12 bits per heavy atom. The highest BCUT2D eigenvalue weighted by atomic mass is 14.7. The molecule has 1 atom stereocenters. The van der Waals surface area contributed by atoms with Crippen LogP contribution >= 0.6 is 0 Å². The topological polar surface area (TPSA) is 49.8 Å². The van der Waals surface area contributed by atoms with Gasteiger partial charge >= 0.3 is 0 Å². The van der Waals surface area contributed by atoms with Crippen LogP contribution in [-0.4, -0.2) is 0 Å². The molecule has 0 aromatic heterocycles. The van der Waals surface area contributed by atoms with Crippen LogP contribution in [0.2, 0.25) is 0 Å². The lowest BCUT2D eigenvalue weighted by Gasteiger charge is -2.41. The van der Waals surface area contributed by atoms with Gasteiger partial charge in [-0.2, -0.15) is 5.26 Å². The van der Waals surface area contributed by atoms with Crippen molar-refractivity contribution in [3.05, 3.63) is 34.4 Å². The summed E-state index contributed by atoms with van der Waals surface area (Å²) in [5, 5.41) is 9.37. The van der Waals surface area contributed by atoms with Crippen LogP contribution in [0.4, 0.5) is 0 Å². The average Bonchev–Trinajstić information content (AvgIpc) is 2.14. The molecule has 0 aliphatic heterocycles. The van der Waals surface area contributed by atoms with Crippen molar-refractivity contribution in [1.29, 1.82) is 5.26 Å². The first-order valence-corrected chi connectivity index (χ1v) is 6.25. The Morgan fingerprint density at radius 1 is 1.24 bits per heavy atom. The van der Waals surface area contributed by atoms with Gasteiger partial charge in [-0.05, 0) is 50.3 Å². The minimum Gasteiger partial charge on any atom is -0.323 e. The van der Waals surface area contributed by atoms with E-state index in [1.807, 2.05) is 0 Å². The monoisotopic (exact) mass is 228 g/mol. The van der Waals surface area contributed by atoms with Crippen LogP contribution in [0.1, 0.15) is 47.6 Å². The summed E-state index contributed by atoms with van der Waals surface area (Å²) >= 11 is 0. The van der Waals surface area contributed by atoms with Gasteiger partial charge in [0.1, 0.15) is 0 Å². The van der Waals surface area contributed by atoms with E-state index in [4.69, 9.17) is 5.73 Å². The summed E-state index contributed by atoms with van der Waals surface area (Å²) in [6, 6.07) is 6.64. The molecule has 0 spiro atoms.